The van der Waals surface area contributed by atoms with Crippen molar-refractivity contribution in [2.75, 3.05) is 18.9 Å². The Kier molecular flexibility index (Phi) is 3.80. The second-order valence-electron chi connectivity index (χ2n) is 5.33. The van der Waals surface area contributed by atoms with E-state index in [1.165, 1.54) is 6.42 Å². The number of hydrogen-bond acceptors (Lipinski definition) is 3. The van der Waals surface area contributed by atoms with Gasteiger partial charge in [0.1, 0.15) is 0 Å². The monoisotopic (exact) mass is 242 g/mol. The molecule has 0 radical (unpaired) electrons. The van der Waals surface area contributed by atoms with Crippen LogP contribution in [0.25, 0.3) is 0 Å². The fourth-order valence-corrected chi connectivity index (χ4v) is 3.26. The molecule has 0 amide bonds. The van der Waals surface area contributed by atoms with E-state index >= 15 is 0 Å². The minimum absolute atomic E-state index is 0.00877. The first-order valence-electron chi connectivity index (χ1n) is 6.17. The van der Waals surface area contributed by atoms with Crippen molar-refractivity contribution in [1.29, 1.82) is 0 Å². The zero-order chi connectivity index (χ0) is 11.6. The van der Waals surface area contributed by atoms with Crippen molar-refractivity contribution in [3.8, 4) is 0 Å². The normalized spacial score (nSPS) is 37.2. The number of amidine groups is 1. The van der Waals surface area contributed by atoms with Crippen molar-refractivity contribution in [3.05, 3.63) is 0 Å². The van der Waals surface area contributed by atoms with Gasteiger partial charge in [0.25, 0.3) is 0 Å². The van der Waals surface area contributed by atoms with Gasteiger partial charge in [-0.05, 0) is 25.7 Å². The van der Waals surface area contributed by atoms with Gasteiger partial charge in [0.05, 0.1) is 12.1 Å². The van der Waals surface area contributed by atoms with Crippen LogP contribution in [-0.4, -0.2) is 35.7 Å². The summed E-state index contributed by atoms with van der Waals surface area (Å²) in [6, 6.07) is 0.584. The van der Waals surface area contributed by atoms with Crippen LogP contribution in [0, 0.1) is 5.92 Å². The lowest BCUT2D eigenvalue weighted by molar-refractivity contribution is 0.0285. The number of hydrogen-bond donors (Lipinski definition) is 1. The third kappa shape index (κ3) is 2.92. The molecule has 1 unspecified atom stereocenters. The van der Waals surface area contributed by atoms with Gasteiger partial charge in [-0.2, -0.15) is 0 Å². The smallest absolute Gasteiger partial charge is 0.156 e. The zero-order valence-corrected chi connectivity index (χ0v) is 11.3. The molecule has 0 aliphatic carbocycles. The molecule has 2 saturated heterocycles. The predicted molar refractivity (Wildman–Crippen MR) is 70.1 cm³/mol. The van der Waals surface area contributed by atoms with E-state index in [0.29, 0.717) is 12.0 Å². The Morgan fingerprint density at radius 2 is 2.44 bits per heavy atom. The second-order valence-corrected chi connectivity index (χ2v) is 6.34. The van der Waals surface area contributed by atoms with Crippen molar-refractivity contribution in [2.24, 2.45) is 10.9 Å². The highest BCUT2D eigenvalue weighted by atomic mass is 32.2. The fourth-order valence-electron chi connectivity index (χ4n) is 2.06. The molecule has 0 saturated carbocycles. The number of rotatable bonds is 3. The van der Waals surface area contributed by atoms with Gasteiger partial charge in [0.2, 0.25) is 0 Å². The molecule has 2 fully saturated rings. The standard InChI is InChI=1S/C12H22N2OS/c1-9(2)10-7-16-11(14-10)13-8-12(3)5-4-6-15-12/h9-10H,4-8H2,1-3H3,(H,13,14)/t10-,12?/m1/s1. The Bertz CT molecular complexity index is 272. The van der Waals surface area contributed by atoms with Crippen molar-refractivity contribution in [3.63, 3.8) is 0 Å². The highest BCUT2D eigenvalue weighted by Gasteiger charge is 2.30. The van der Waals surface area contributed by atoms with E-state index < -0.39 is 0 Å². The van der Waals surface area contributed by atoms with Crippen LogP contribution < -0.4 is 5.32 Å². The maximum atomic E-state index is 5.73. The second kappa shape index (κ2) is 4.96. The summed E-state index contributed by atoms with van der Waals surface area (Å²) in [5.41, 5.74) is -0.00877. The summed E-state index contributed by atoms with van der Waals surface area (Å²) in [7, 11) is 0. The van der Waals surface area contributed by atoms with Crippen LogP contribution in [0.5, 0.6) is 0 Å². The molecular formula is C12H22N2OS. The molecule has 2 rings (SSSR count). The predicted octanol–water partition coefficient (Wildman–Crippen LogP) is 2.27. The number of ether oxygens (including phenoxy) is 1. The minimum atomic E-state index is -0.00877. The molecule has 3 nitrogen and oxygen atoms in total. The Balaban J connectivity index is 1.84. The van der Waals surface area contributed by atoms with Crippen LogP contribution in [0.2, 0.25) is 0 Å². The lowest BCUT2D eigenvalue weighted by Crippen LogP contribution is -2.33. The number of nitrogens with one attached hydrogen (secondary N) is 1. The lowest BCUT2D eigenvalue weighted by atomic mass is 10.0. The van der Waals surface area contributed by atoms with Crippen LogP contribution in [0.1, 0.15) is 33.6 Å². The van der Waals surface area contributed by atoms with Gasteiger partial charge in [-0.3, -0.25) is 4.99 Å². The third-order valence-corrected chi connectivity index (χ3v) is 4.42. The van der Waals surface area contributed by atoms with Crippen LogP contribution in [-0.2, 0) is 4.74 Å². The molecule has 0 bridgehead atoms. The maximum absolute atomic E-state index is 5.73. The molecule has 4 heteroatoms. The molecule has 0 aromatic heterocycles. The van der Waals surface area contributed by atoms with E-state index in [1.807, 2.05) is 11.8 Å². The van der Waals surface area contributed by atoms with Crippen LogP contribution in [0.15, 0.2) is 4.99 Å². The van der Waals surface area contributed by atoms with Gasteiger partial charge in [-0.1, -0.05) is 25.6 Å². The molecule has 2 atom stereocenters. The van der Waals surface area contributed by atoms with E-state index in [0.717, 1.165) is 30.5 Å². The van der Waals surface area contributed by atoms with Crippen molar-refractivity contribution in [2.45, 2.75) is 45.3 Å². The van der Waals surface area contributed by atoms with E-state index in [4.69, 9.17) is 4.74 Å². The third-order valence-electron chi connectivity index (χ3n) is 3.37. The molecule has 2 aliphatic rings. The van der Waals surface area contributed by atoms with E-state index in [2.05, 4.69) is 31.1 Å². The van der Waals surface area contributed by atoms with Crippen LogP contribution >= 0.6 is 11.8 Å². The van der Waals surface area contributed by atoms with Gasteiger partial charge >= 0.3 is 0 Å². The molecule has 16 heavy (non-hydrogen) atoms. The highest BCUT2D eigenvalue weighted by Crippen LogP contribution is 2.26. The number of thioether (sulfide) groups is 1. The maximum Gasteiger partial charge on any atom is 0.156 e. The quantitative estimate of drug-likeness (QED) is 0.824. The largest absolute Gasteiger partial charge is 0.373 e. The summed E-state index contributed by atoms with van der Waals surface area (Å²) in [4.78, 5) is 4.65. The Labute approximate surface area is 102 Å². The first-order valence-corrected chi connectivity index (χ1v) is 7.15. The minimum Gasteiger partial charge on any atom is -0.373 e. The van der Waals surface area contributed by atoms with Gasteiger partial charge in [-0.15, -0.1) is 0 Å². The first kappa shape index (κ1) is 12.2. The van der Waals surface area contributed by atoms with E-state index in [9.17, 15) is 0 Å². The molecular weight excluding hydrogens is 220 g/mol. The van der Waals surface area contributed by atoms with Crippen LogP contribution in [0.4, 0.5) is 0 Å². The topological polar surface area (TPSA) is 33.6 Å². The van der Waals surface area contributed by atoms with Crippen LogP contribution in [0.3, 0.4) is 0 Å². The summed E-state index contributed by atoms with van der Waals surface area (Å²) < 4.78 is 5.73. The fraction of sp³-hybridized carbons (Fsp3) is 0.917. The highest BCUT2D eigenvalue weighted by molar-refractivity contribution is 8.14. The molecule has 1 N–H and O–H groups in total. The number of aliphatic imine (C=N–C) groups is 1. The summed E-state index contributed by atoms with van der Waals surface area (Å²) >= 11 is 1.84. The van der Waals surface area contributed by atoms with Gasteiger partial charge in [0, 0.05) is 18.4 Å². The van der Waals surface area contributed by atoms with Gasteiger partial charge < -0.3 is 10.1 Å². The Morgan fingerprint density at radius 3 is 3.00 bits per heavy atom. The average molecular weight is 242 g/mol. The van der Waals surface area contributed by atoms with Crippen molar-refractivity contribution in [1.82, 2.24) is 5.32 Å². The first-order chi connectivity index (χ1) is 7.59. The Hall–Kier alpha value is -0.220. The van der Waals surface area contributed by atoms with Gasteiger partial charge in [0.15, 0.2) is 5.17 Å². The molecule has 2 heterocycles. The summed E-state index contributed by atoms with van der Waals surface area (Å²) in [6.45, 7) is 8.37. The van der Waals surface area contributed by atoms with E-state index in [-0.39, 0.29) is 5.60 Å². The van der Waals surface area contributed by atoms with E-state index in [1.54, 1.807) is 0 Å². The molecule has 0 aromatic rings. The number of nitrogens with zero attached hydrogens (tertiary/aromatic N) is 1. The van der Waals surface area contributed by atoms with Gasteiger partial charge in [-0.25, -0.2) is 0 Å². The van der Waals surface area contributed by atoms with Crippen molar-refractivity contribution < 1.29 is 4.74 Å². The summed E-state index contributed by atoms with van der Waals surface area (Å²) in [5.74, 6) is 1.83. The molecule has 0 aromatic carbocycles. The van der Waals surface area contributed by atoms with Crippen molar-refractivity contribution >= 4 is 16.9 Å². The summed E-state index contributed by atoms with van der Waals surface area (Å²) in [5, 5.41) is 4.60. The SMILES string of the molecule is CC(C)[C@H]1CSC(=NCC2(C)CCCO2)N1. The zero-order valence-electron chi connectivity index (χ0n) is 10.5. The molecule has 0 spiro atoms. The Morgan fingerprint density at radius 1 is 1.62 bits per heavy atom. The molecule has 2 aliphatic heterocycles. The summed E-state index contributed by atoms with van der Waals surface area (Å²) in [6.07, 6.45) is 2.32. The molecule has 92 valence electrons. The lowest BCUT2D eigenvalue weighted by Gasteiger charge is -2.20. The average Bonchev–Trinajstić information content (AvgIpc) is 2.84.